The van der Waals surface area contributed by atoms with Crippen molar-refractivity contribution in [3.8, 4) is 34.3 Å². The second kappa shape index (κ2) is 7.67. The Bertz CT molecular complexity index is 902. The summed E-state index contributed by atoms with van der Waals surface area (Å²) in [5, 5.41) is 4.12. The van der Waals surface area contributed by atoms with Crippen molar-refractivity contribution >= 4 is 5.69 Å². The SMILES string of the molecule is COc1cccc(-c2nc(-c3ccc(N4CCOCC4)cc3)no2)c1OC. The lowest BCUT2D eigenvalue weighted by molar-refractivity contribution is 0.122. The third-order valence-electron chi connectivity index (χ3n) is 4.56. The van der Waals surface area contributed by atoms with E-state index in [-0.39, 0.29) is 0 Å². The molecule has 0 amide bonds. The molecule has 3 aromatic rings. The number of anilines is 1. The fourth-order valence-electron chi connectivity index (χ4n) is 3.15. The Morgan fingerprint density at radius 3 is 2.44 bits per heavy atom. The van der Waals surface area contributed by atoms with E-state index in [4.69, 9.17) is 18.7 Å². The van der Waals surface area contributed by atoms with Crippen LogP contribution < -0.4 is 14.4 Å². The molecule has 1 aliphatic rings. The minimum atomic E-state index is 0.387. The van der Waals surface area contributed by atoms with Gasteiger partial charge in [0.15, 0.2) is 11.5 Å². The molecule has 1 fully saturated rings. The summed E-state index contributed by atoms with van der Waals surface area (Å²) in [6, 6.07) is 13.7. The molecule has 0 bridgehead atoms. The van der Waals surface area contributed by atoms with Crippen LogP contribution in [0.15, 0.2) is 47.0 Å². The summed E-state index contributed by atoms with van der Waals surface area (Å²) in [7, 11) is 3.18. The predicted molar refractivity (Wildman–Crippen MR) is 101 cm³/mol. The monoisotopic (exact) mass is 367 g/mol. The van der Waals surface area contributed by atoms with Gasteiger partial charge < -0.3 is 23.6 Å². The standard InChI is InChI=1S/C20H21N3O4/c1-24-17-5-3-4-16(18(17)25-2)20-21-19(22-27-20)14-6-8-15(9-7-14)23-10-12-26-13-11-23/h3-9H,10-13H2,1-2H3. The van der Waals surface area contributed by atoms with Crippen LogP contribution >= 0.6 is 0 Å². The van der Waals surface area contributed by atoms with E-state index < -0.39 is 0 Å². The van der Waals surface area contributed by atoms with E-state index in [2.05, 4.69) is 27.2 Å². The zero-order chi connectivity index (χ0) is 18.6. The molecule has 4 rings (SSSR count). The van der Waals surface area contributed by atoms with Crippen LogP contribution in [0.4, 0.5) is 5.69 Å². The number of benzene rings is 2. The third-order valence-corrected chi connectivity index (χ3v) is 4.56. The molecule has 0 unspecified atom stereocenters. The number of ether oxygens (including phenoxy) is 3. The molecule has 0 radical (unpaired) electrons. The molecule has 140 valence electrons. The first-order valence-electron chi connectivity index (χ1n) is 8.78. The van der Waals surface area contributed by atoms with Crippen molar-refractivity contribution in [2.75, 3.05) is 45.4 Å². The van der Waals surface area contributed by atoms with Crippen molar-refractivity contribution in [1.29, 1.82) is 0 Å². The zero-order valence-electron chi connectivity index (χ0n) is 15.3. The number of aromatic nitrogens is 2. The fourth-order valence-corrected chi connectivity index (χ4v) is 3.15. The number of rotatable bonds is 5. The van der Waals surface area contributed by atoms with E-state index in [0.717, 1.165) is 31.9 Å². The van der Waals surface area contributed by atoms with Gasteiger partial charge in [0.05, 0.1) is 33.0 Å². The van der Waals surface area contributed by atoms with E-state index in [1.54, 1.807) is 14.2 Å². The van der Waals surface area contributed by atoms with Gasteiger partial charge in [0.2, 0.25) is 5.82 Å². The molecule has 2 heterocycles. The first-order valence-corrected chi connectivity index (χ1v) is 8.78. The van der Waals surface area contributed by atoms with E-state index in [1.165, 1.54) is 5.69 Å². The molecule has 0 spiro atoms. The van der Waals surface area contributed by atoms with Crippen molar-refractivity contribution in [3.05, 3.63) is 42.5 Å². The summed E-state index contributed by atoms with van der Waals surface area (Å²) in [5.41, 5.74) is 2.75. The molecular weight excluding hydrogens is 346 g/mol. The van der Waals surface area contributed by atoms with Crippen molar-refractivity contribution < 1.29 is 18.7 Å². The Morgan fingerprint density at radius 1 is 0.963 bits per heavy atom. The van der Waals surface area contributed by atoms with Crippen LogP contribution in [0.1, 0.15) is 0 Å². The first-order chi connectivity index (χ1) is 13.3. The molecule has 1 aliphatic heterocycles. The predicted octanol–water partition coefficient (Wildman–Crippen LogP) is 3.26. The summed E-state index contributed by atoms with van der Waals surface area (Å²) < 4.78 is 21.7. The quantitative estimate of drug-likeness (QED) is 0.685. The minimum absolute atomic E-state index is 0.387. The Kier molecular flexibility index (Phi) is 4.93. The van der Waals surface area contributed by atoms with Crippen molar-refractivity contribution in [3.63, 3.8) is 0 Å². The maximum Gasteiger partial charge on any atom is 0.262 e. The molecule has 0 aliphatic carbocycles. The summed E-state index contributed by atoms with van der Waals surface area (Å²) in [5.74, 6) is 2.10. The second-order valence-electron chi connectivity index (χ2n) is 6.11. The van der Waals surface area contributed by atoms with Gasteiger partial charge in [-0.15, -0.1) is 0 Å². The molecule has 1 saturated heterocycles. The van der Waals surface area contributed by atoms with Crippen LogP contribution in [-0.4, -0.2) is 50.7 Å². The average molecular weight is 367 g/mol. The molecule has 7 heteroatoms. The second-order valence-corrected chi connectivity index (χ2v) is 6.11. The Morgan fingerprint density at radius 2 is 1.74 bits per heavy atom. The summed E-state index contributed by atoms with van der Waals surface area (Å²) in [4.78, 5) is 6.83. The highest BCUT2D eigenvalue weighted by Gasteiger charge is 2.18. The van der Waals surface area contributed by atoms with Gasteiger partial charge in [0, 0.05) is 24.3 Å². The summed E-state index contributed by atoms with van der Waals surface area (Å²) >= 11 is 0. The van der Waals surface area contributed by atoms with Crippen LogP contribution in [0.25, 0.3) is 22.8 Å². The number of morpholine rings is 1. The number of nitrogens with zero attached hydrogens (tertiary/aromatic N) is 3. The maximum atomic E-state index is 5.47. The average Bonchev–Trinajstić information content (AvgIpc) is 3.24. The smallest absolute Gasteiger partial charge is 0.262 e. The molecule has 0 atom stereocenters. The van der Waals surface area contributed by atoms with Gasteiger partial charge >= 0.3 is 0 Å². The van der Waals surface area contributed by atoms with Crippen molar-refractivity contribution in [2.45, 2.75) is 0 Å². The molecule has 7 nitrogen and oxygen atoms in total. The minimum Gasteiger partial charge on any atom is -0.493 e. The highest BCUT2D eigenvalue weighted by Crippen LogP contribution is 2.37. The lowest BCUT2D eigenvalue weighted by Crippen LogP contribution is -2.36. The van der Waals surface area contributed by atoms with Crippen LogP contribution in [0.5, 0.6) is 11.5 Å². The summed E-state index contributed by atoms with van der Waals surface area (Å²) in [6.45, 7) is 3.33. The van der Waals surface area contributed by atoms with Gasteiger partial charge in [-0.25, -0.2) is 0 Å². The largest absolute Gasteiger partial charge is 0.493 e. The highest BCUT2D eigenvalue weighted by molar-refractivity contribution is 5.69. The number of hydrogen-bond donors (Lipinski definition) is 0. The van der Waals surface area contributed by atoms with Gasteiger partial charge in [0.1, 0.15) is 0 Å². The highest BCUT2D eigenvalue weighted by atomic mass is 16.5. The lowest BCUT2D eigenvalue weighted by Gasteiger charge is -2.28. The van der Waals surface area contributed by atoms with E-state index in [0.29, 0.717) is 28.8 Å². The van der Waals surface area contributed by atoms with Crippen LogP contribution in [0.3, 0.4) is 0 Å². The third kappa shape index (κ3) is 3.46. The zero-order valence-corrected chi connectivity index (χ0v) is 15.3. The Hall–Kier alpha value is -3.06. The van der Waals surface area contributed by atoms with Crippen LogP contribution in [0, 0.1) is 0 Å². The molecular formula is C20H21N3O4. The van der Waals surface area contributed by atoms with E-state index in [9.17, 15) is 0 Å². The van der Waals surface area contributed by atoms with Crippen molar-refractivity contribution in [2.24, 2.45) is 0 Å². The van der Waals surface area contributed by atoms with Crippen molar-refractivity contribution in [1.82, 2.24) is 10.1 Å². The van der Waals surface area contributed by atoms with E-state index >= 15 is 0 Å². The molecule has 27 heavy (non-hydrogen) atoms. The van der Waals surface area contributed by atoms with Gasteiger partial charge in [-0.3, -0.25) is 0 Å². The molecule has 0 saturated carbocycles. The lowest BCUT2D eigenvalue weighted by atomic mass is 10.1. The molecule has 1 aromatic heterocycles. The fraction of sp³-hybridized carbons (Fsp3) is 0.300. The van der Waals surface area contributed by atoms with Gasteiger partial charge in [-0.05, 0) is 36.4 Å². The maximum absolute atomic E-state index is 5.47. The molecule has 0 N–H and O–H groups in total. The molecule has 2 aromatic carbocycles. The normalized spacial score (nSPS) is 14.2. The van der Waals surface area contributed by atoms with Crippen LogP contribution in [-0.2, 0) is 4.74 Å². The number of para-hydroxylation sites is 1. The van der Waals surface area contributed by atoms with Gasteiger partial charge in [-0.1, -0.05) is 11.2 Å². The van der Waals surface area contributed by atoms with E-state index in [1.807, 2.05) is 30.3 Å². The summed E-state index contributed by atoms with van der Waals surface area (Å²) in [6.07, 6.45) is 0. The number of hydrogen-bond acceptors (Lipinski definition) is 7. The number of methoxy groups -OCH3 is 2. The van der Waals surface area contributed by atoms with Gasteiger partial charge in [-0.2, -0.15) is 4.98 Å². The topological polar surface area (TPSA) is 69.9 Å². The Balaban J connectivity index is 1.60. The Labute approximate surface area is 157 Å². The first kappa shape index (κ1) is 17.4. The van der Waals surface area contributed by atoms with Crippen LogP contribution in [0.2, 0.25) is 0 Å². The van der Waals surface area contributed by atoms with Gasteiger partial charge in [0.25, 0.3) is 5.89 Å².